The van der Waals surface area contributed by atoms with Crippen molar-refractivity contribution in [2.24, 2.45) is 5.41 Å². The van der Waals surface area contributed by atoms with Crippen LogP contribution < -0.4 is 5.32 Å². The molecule has 0 aromatic carbocycles. The number of ether oxygens (including phenoxy) is 1. The van der Waals surface area contributed by atoms with Crippen molar-refractivity contribution < 1.29 is 9.53 Å². The number of carbonyl (C=O) groups excluding carboxylic acids is 1. The van der Waals surface area contributed by atoms with E-state index in [9.17, 15) is 4.79 Å². The van der Waals surface area contributed by atoms with Gasteiger partial charge in [0.1, 0.15) is 4.88 Å². The molecule has 1 heterocycles. The van der Waals surface area contributed by atoms with Gasteiger partial charge in [-0.05, 0) is 39.2 Å². The summed E-state index contributed by atoms with van der Waals surface area (Å²) < 4.78 is 5.91. The van der Waals surface area contributed by atoms with E-state index in [0.717, 1.165) is 15.8 Å². The van der Waals surface area contributed by atoms with Crippen LogP contribution in [0, 0.1) is 5.41 Å². The number of nitrogens with one attached hydrogen (secondary N) is 1. The summed E-state index contributed by atoms with van der Waals surface area (Å²) in [5.41, 5.74) is 0.0510. The van der Waals surface area contributed by atoms with E-state index in [0.29, 0.717) is 13.2 Å². The summed E-state index contributed by atoms with van der Waals surface area (Å²) in [6, 6.07) is 1.88. The van der Waals surface area contributed by atoms with Gasteiger partial charge in [-0.3, -0.25) is 4.79 Å². The quantitative estimate of drug-likeness (QED) is 0.873. The molecule has 5 heteroatoms. The normalized spacial score (nSPS) is 11.5. The third-order valence-electron chi connectivity index (χ3n) is 2.53. The van der Waals surface area contributed by atoms with Crippen LogP contribution in [0.25, 0.3) is 0 Å². The second-order valence-electron chi connectivity index (χ2n) is 4.69. The van der Waals surface area contributed by atoms with Crippen molar-refractivity contribution in [2.45, 2.75) is 20.3 Å². The van der Waals surface area contributed by atoms with Crippen LogP contribution in [0.2, 0.25) is 0 Å². The van der Waals surface area contributed by atoms with Crippen molar-refractivity contribution in [1.82, 2.24) is 5.32 Å². The van der Waals surface area contributed by atoms with Crippen molar-refractivity contribution in [1.29, 1.82) is 0 Å². The van der Waals surface area contributed by atoms with Gasteiger partial charge in [0.25, 0.3) is 5.91 Å². The maximum absolute atomic E-state index is 11.9. The average molecular weight is 320 g/mol. The van der Waals surface area contributed by atoms with Crippen molar-refractivity contribution in [2.75, 3.05) is 20.3 Å². The van der Waals surface area contributed by atoms with Crippen LogP contribution in [0.5, 0.6) is 0 Å². The predicted octanol–water partition coefficient (Wildman–Crippen LogP) is 3.30. The molecule has 0 aliphatic carbocycles. The first kappa shape index (κ1) is 14.7. The third-order valence-corrected chi connectivity index (χ3v) is 4.37. The lowest BCUT2D eigenvalue weighted by atomic mass is 9.90. The van der Waals surface area contributed by atoms with Crippen LogP contribution in [0.3, 0.4) is 0 Å². The Morgan fingerprint density at radius 3 is 2.82 bits per heavy atom. The summed E-state index contributed by atoms with van der Waals surface area (Å²) in [5, 5.41) is 4.86. The van der Waals surface area contributed by atoms with Crippen LogP contribution in [0.4, 0.5) is 0 Å². The Labute approximate surface area is 115 Å². The van der Waals surface area contributed by atoms with Gasteiger partial charge < -0.3 is 10.1 Å². The van der Waals surface area contributed by atoms with E-state index >= 15 is 0 Å². The highest BCUT2D eigenvalue weighted by Crippen LogP contribution is 2.23. The molecule has 0 radical (unpaired) electrons. The van der Waals surface area contributed by atoms with E-state index in [1.807, 2.05) is 11.4 Å². The average Bonchev–Trinajstić information content (AvgIpc) is 2.70. The molecule has 0 bridgehead atoms. The SMILES string of the molecule is COCCC(C)(C)CNC(=O)c1sccc1Br. The van der Waals surface area contributed by atoms with Gasteiger partial charge in [0.15, 0.2) is 0 Å². The molecule has 3 nitrogen and oxygen atoms in total. The first-order chi connectivity index (χ1) is 7.96. The Morgan fingerprint density at radius 2 is 2.29 bits per heavy atom. The van der Waals surface area contributed by atoms with Gasteiger partial charge in [-0.2, -0.15) is 0 Å². The Morgan fingerprint density at radius 1 is 1.59 bits per heavy atom. The van der Waals surface area contributed by atoms with Crippen molar-refractivity contribution in [3.63, 3.8) is 0 Å². The minimum absolute atomic E-state index is 0.0163. The Kier molecular flexibility index (Phi) is 5.62. The zero-order valence-corrected chi connectivity index (χ0v) is 12.8. The monoisotopic (exact) mass is 319 g/mol. The summed E-state index contributed by atoms with van der Waals surface area (Å²) >= 11 is 4.80. The second-order valence-corrected chi connectivity index (χ2v) is 6.46. The zero-order valence-electron chi connectivity index (χ0n) is 10.4. The van der Waals surface area contributed by atoms with Crippen LogP contribution in [0.1, 0.15) is 29.9 Å². The Hall–Kier alpha value is -0.390. The molecule has 17 heavy (non-hydrogen) atoms. The number of amides is 1. The number of carbonyl (C=O) groups is 1. The Balaban J connectivity index is 2.45. The van der Waals surface area contributed by atoms with Gasteiger partial charge in [0, 0.05) is 24.7 Å². The standard InChI is InChI=1S/C12H18BrNO2S/c1-12(2,5-6-16-3)8-14-11(15)10-9(13)4-7-17-10/h4,7H,5-6,8H2,1-3H3,(H,14,15). The molecule has 1 aromatic rings. The van der Waals surface area contributed by atoms with E-state index in [4.69, 9.17) is 4.74 Å². The molecule has 96 valence electrons. The van der Waals surface area contributed by atoms with Crippen LogP contribution in [-0.4, -0.2) is 26.2 Å². The number of methoxy groups -OCH3 is 1. The van der Waals surface area contributed by atoms with Gasteiger partial charge in [0.05, 0.1) is 0 Å². The lowest BCUT2D eigenvalue weighted by Gasteiger charge is -2.24. The highest BCUT2D eigenvalue weighted by molar-refractivity contribution is 9.10. The van der Waals surface area contributed by atoms with E-state index in [1.54, 1.807) is 7.11 Å². The van der Waals surface area contributed by atoms with Crippen molar-refractivity contribution in [3.05, 3.63) is 20.8 Å². The fourth-order valence-corrected chi connectivity index (χ4v) is 2.79. The fraction of sp³-hybridized carbons (Fsp3) is 0.583. The lowest BCUT2D eigenvalue weighted by molar-refractivity contribution is 0.0924. The first-order valence-electron chi connectivity index (χ1n) is 5.46. The minimum atomic E-state index is -0.0163. The van der Waals surface area contributed by atoms with Gasteiger partial charge >= 0.3 is 0 Å². The molecule has 0 unspecified atom stereocenters. The van der Waals surface area contributed by atoms with Gasteiger partial charge in [0.2, 0.25) is 0 Å². The molecule has 0 spiro atoms. The topological polar surface area (TPSA) is 38.3 Å². The number of rotatable bonds is 6. The van der Waals surface area contributed by atoms with Gasteiger partial charge in [-0.1, -0.05) is 13.8 Å². The van der Waals surface area contributed by atoms with E-state index in [2.05, 4.69) is 35.1 Å². The fourth-order valence-electron chi connectivity index (χ4n) is 1.32. The highest BCUT2D eigenvalue weighted by Gasteiger charge is 2.20. The molecule has 1 N–H and O–H groups in total. The predicted molar refractivity (Wildman–Crippen MR) is 74.6 cm³/mol. The lowest BCUT2D eigenvalue weighted by Crippen LogP contribution is -2.34. The molecular formula is C12H18BrNO2S. The number of hydrogen-bond donors (Lipinski definition) is 1. The smallest absolute Gasteiger partial charge is 0.262 e. The maximum Gasteiger partial charge on any atom is 0.262 e. The third kappa shape index (κ3) is 4.77. The van der Waals surface area contributed by atoms with E-state index in [1.165, 1.54) is 11.3 Å². The largest absolute Gasteiger partial charge is 0.385 e. The van der Waals surface area contributed by atoms with Crippen molar-refractivity contribution >= 4 is 33.2 Å². The van der Waals surface area contributed by atoms with Gasteiger partial charge in [-0.15, -0.1) is 11.3 Å². The van der Waals surface area contributed by atoms with Gasteiger partial charge in [-0.25, -0.2) is 0 Å². The van der Waals surface area contributed by atoms with E-state index < -0.39 is 0 Å². The summed E-state index contributed by atoms with van der Waals surface area (Å²) in [6.45, 7) is 5.61. The number of hydrogen-bond acceptors (Lipinski definition) is 3. The molecule has 0 fully saturated rings. The summed E-state index contributed by atoms with van der Waals surface area (Å²) in [7, 11) is 1.69. The van der Waals surface area contributed by atoms with E-state index in [-0.39, 0.29) is 11.3 Å². The van der Waals surface area contributed by atoms with Crippen molar-refractivity contribution in [3.8, 4) is 0 Å². The van der Waals surface area contributed by atoms with Crippen LogP contribution >= 0.6 is 27.3 Å². The summed E-state index contributed by atoms with van der Waals surface area (Å²) in [6.07, 6.45) is 0.926. The molecule has 0 aliphatic rings. The molecule has 1 amide bonds. The molecule has 1 aromatic heterocycles. The number of halogens is 1. The zero-order chi connectivity index (χ0) is 12.9. The van der Waals surface area contributed by atoms with Crippen LogP contribution in [0.15, 0.2) is 15.9 Å². The second kappa shape index (κ2) is 6.52. The maximum atomic E-state index is 11.9. The molecule has 0 atom stereocenters. The van der Waals surface area contributed by atoms with Crippen LogP contribution in [-0.2, 0) is 4.74 Å². The number of thiophene rings is 1. The molecular weight excluding hydrogens is 302 g/mol. The molecule has 1 rings (SSSR count). The molecule has 0 saturated carbocycles. The highest BCUT2D eigenvalue weighted by atomic mass is 79.9. The molecule has 0 aliphatic heterocycles. The summed E-state index contributed by atoms with van der Waals surface area (Å²) in [5.74, 6) is -0.0163. The Bertz CT molecular complexity index is 376. The first-order valence-corrected chi connectivity index (χ1v) is 7.14. The minimum Gasteiger partial charge on any atom is -0.385 e. The molecule has 0 saturated heterocycles. The summed E-state index contributed by atoms with van der Waals surface area (Å²) in [4.78, 5) is 12.6.